The molecular formula is C107H111BrN16O15S5. The number of aliphatic hydroxyl groups excluding tert-OH is 2. The lowest BCUT2D eigenvalue weighted by Crippen LogP contribution is -2.40. The van der Waals surface area contributed by atoms with E-state index in [9.17, 15) is 52.1 Å². The zero-order valence-electron chi connectivity index (χ0n) is 80.2. The number of fused-ring (bicyclic) bond motifs is 7. The number of hydrogen-bond acceptors (Lipinski definition) is 23. The lowest BCUT2D eigenvalue weighted by molar-refractivity contribution is 0.0399. The third kappa shape index (κ3) is 27.8. The van der Waals surface area contributed by atoms with Gasteiger partial charge in [0.2, 0.25) is 0 Å². The molecule has 4 aliphatic heterocycles. The molecule has 0 radical (unpaired) electrons. The molecule has 1 amide bonds. The van der Waals surface area contributed by atoms with E-state index < -0.39 is 68.7 Å². The van der Waals surface area contributed by atoms with Crippen LogP contribution in [0.1, 0.15) is 127 Å². The average molecular weight is 2100 g/mol. The topological polar surface area (TPSA) is 492 Å². The lowest BCUT2D eigenvalue weighted by atomic mass is 9.97. The van der Waals surface area contributed by atoms with Crippen LogP contribution in [-0.4, -0.2) is 151 Å². The molecule has 5 unspecified atom stereocenters. The molecule has 746 valence electrons. The molecule has 0 spiro atoms. The van der Waals surface area contributed by atoms with Crippen molar-refractivity contribution in [2.75, 3.05) is 69.5 Å². The van der Waals surface area contributed by atoms with Crippen LogP contribution in [0.25, 0.3) is 75.4 Å². The minimum Gasteiger partial charge on any atom is -0.443 e. The zero-order valence-corrected chi connectivity index (χ0v) is 85.9. The SMILES string of the molecule is C.CC(CO)Cc1ccc2c(C#N)cccc2c1.CC(COS(C)(=O)=O)Cc1ccc2c(C#N)cccc2c1.CC(N)CO.CC1CN(C(=O)OC(C)(C)C)S(=O)(=O)N1c1ccc2c(C#N)cccc2c1.CC1CNS(=O)(=O)N1c1ccc2c(C#N)cccc2c1.C[C@@H]1CNS(=O)(=O)N1c1ccc2c(C#N)cccc2c1.C[C@H]1CNS(=O)(=O)N1c1ccc2c(C#N)cccc2c1.N#Cc1cccc2cc(Br)ccc12. The molecule has 37 heteroatoms. The number of amides is 1. The van der Waals surface area contributed by atoms with Crippen molar-refractivity contribution in [3.8, 4) is 42.5 Å². The molecule has 0 bridgehead atoms. The molecule has 0 aromatic heterocycles. The average Bonchev–Trinajstić information content (AvgIpc) is 1.60. The van der Waals surface area contributed by atoms with Gasteiger partial charge in [0.25, 0.3) is 10.1 Å². The number of nitriles is 7. The second kappa shape index (κ2) is 48.7. The fourth-order valence-electron chi connectivity index (χ4n) is 16.3. The number of nitrogens with one attached hydrogen (secondary N) is 3. The van der Waals surface area contributed by atoms with E-state index in [1.807, 2.05) is 156 Å². The Morgan fingerprint density at radius 3 is 0.938 bits per heavy atom. The zero-order chi connectivity index (χ0) is 104. The van der Waals surface area contributed by atoms with E-state index in [4.69, 9.17) is 56.4 Å². The number of nitrogens with zero attached hydrogens (tertiary/aromatic N) is 12. The molecule has 4 fully saturated rings. The van der Waals surface area contributed by atoms with Gasteiger partial charge in [0.15, 0.2) is 0 Å². The van der Waals surface area contributed by atoms with Crippen LogP contribution in [0.3, 0.4) is 0 Å². The van der Waals surface area contributed by atoms with Crippen LogP contribution in [-0.2, 0) is 72.7 Å². The summed E-state index contributed by atoms with van der Waals surface area (Å²) in [4.78, 5) is 12.4. The molecule has 14 aromatic rings. The second-order valence-corrected chi connectivity index (χ2v) is 44.8. The third-order valence-corrected chi connectivity index (χ3v) is 30.8. The van der Waals surface area contributed by atoms with Gasteiger partial charge in [0.1, 0.15) is 5.60 Å². The molecule has 7 N–H and O–H groups in total. The maximum atomic E-state index is 13.0. The Bertz CT molecular complexity index is 7740. The highest BCUT2D eigenvalue weighted by Crippen LogP contribution is 2.37. The molecule has 144 heavy (non-hydrogen) atoms. The van der Waals surface area contributed by atoms with Crippen molar-refractivity contribution < 1.29 is 66.0 Å². The minimum absolute atomic E-state index is 0. The van der Waals surface area contributed by atoms with E-state index in [-0.39, 0.29) is 69.8 Å². The molecule has 0 saturated carbocycles. The monoisotopic (exact) mass is 2100 g/mol. The van der Waals surface area contributed by atoms with Gasteiger partial charge in [-0.15, -0.1) is 0 Å². The summed E-state index contributed by atoms with van der Waals surface area (Å²) in [6.07, 6.45) is 1.76. The third-order valence-electron chi connectivity index (χ3n) is 23.0. The van der Waals surface area contributed by atoms with Crippen molar-refractivity contribution in [2.24, 2.45) is 17.6 Å². The normalized spacial score (nSPS) is 17.1. The van der Waals surface area contributed by atoms with Gasteiger partial charge >= 0.3 is 46.9 Å². The van der Waals surface area contributed by atoms with Crippen molar-refractivity contribution in [3.05, 3.63) is 309 Å². The highest BCUT2D eigenvalue weighted by atomic mass is 79.9. The van der Waals surface area contributed by atoms with Gasteiger partial charge in [-0.25, -0.2) is 9.10 Å². The van der Waals surface area contributed by atoms with Crippen molar-refractivity contribution in [2.45, 2.75) is 125 Å². The number of halogens is 1. The smallest absolute Gasteiger partial charge is 0.425 e. The van der Waals surface area contributed by atoms with E-state index >= 15 is 0 Å². The number of anilines is 4. The standard InChI is InChI=1S/C19H21N3O4S.C16H17NO3S.C15H15NO.3C14H13N3O2S.C11H6BrN.C3H9NO.CH4/c1-13-12-21(18(23)26-19(2,3)4)27(24,25)22(13)16-8-9-17-14(10-16)6-5-7-15(17)11-20;1-12(11-20-21(2,18)19)8-13-6-7-16-14(9-13)4-3-5-15(16)10-17;1-11(10-17)7-12-5-6-15-13(8-12)3-2-4-14(15)9-16;3*1-10-9-16-20(18,19)17(10)13-5-6-14-11(7-13)3-2-4-12(14)8-15;12-10-4-5-11-8(6-10)2-1-3-9(11)7-13;1-3(4)2-5;/h5-10,13H,12H2,1-4H3;3-7,9,12H,8,11H2,1-2H3;2-6,8,11,17H,7,10H2,1H3;3*2-7,10,16H,9H2,1H3;1-6H;3,5H,2,4H2,1H3;1H4/t;;;2*10-;;;;/m...10..../s1. The maximum absolute atomic E-state index is 13.0. The summed E-state index contributed by atoms with van der Waals surface area (Å²) in [5.41, 5.74) is 13.2. The van der Waals surface area contributed by atoms with Gasteiger partial charge in [-0.05, 0) is 270 Å². The van der Waals surface area contributed by atoms with Gasteiger partial charge < -0.3 is 20.7 Å². The summed E-state index contributed by atoms with van der Waals surface area (Å²) in [7, 11) is -17.8. The fraction of sp³-hybridized carbons (Fsp3) is 0.271. The van der Waals surface area contributed by atoms with Crippen LogP contribution in [0.2, 0.25) is 0 Å². The number of hydrogen-bond donors (Lipinski definition) is 6. The Hall–Kier alpha value is -14.3. The maximum Gasteiger partial charge on any atom is 0.425 e. The number of rotatable bonds is 13. The Labute approximate surface area is 850 Å². The number of aliphatic hydroxyl groups is 2. The van der Waals surface area contributed by atoms with Gasteiger partial charge in [-0.3, -0.25) is 17.1 Å². The molecule has 4 saturated heterocycles. The second-order valence-electron chi connectivity index (χ2n) is 35.6. The molecule has 0 aliphatic carbocycles. The predicted molar refractivity (Wildman–Crippen MR) is 570 cm³/mol. The largest absolute Gasteiger partial charge is 0.443 e. The summed E-state index contributed by atoms with van der Waals surface area (Å²) in [6, 6.07) is 91.9. The Morgan fingerprint density at radius 2 is 0.681 bits per heavy atom. The summed E-state index contributed by atoms with van der Waals surface area (Å²) in [5.74, 6) is 0.364. The predicted octanol–water partition coefficient (Wildman–Crippen LogP) is 17.8. The van der Waals surface area contributed by atoms with Gasteiger partial charge in [-0.1, -0.05) is 189 Å². The number of carbonyl (C=O) groups is 1. The molecule has 18 rings (SSSR count). The number of ether oxygens (including phenoxy) is 1. The molecular weight excluding hydrogens is 1990 g/mol. The van der Waals surface area contributed by atoms with Crippen LogP contribution in [0.5, 0.6) is 0 Å². The summed E-state index contributed by atoms with van der Waals surface area (Å²) in [6.45, 7) is 19.7. The highest BCUT2D eigenvalue weighted by Gasteiger charge is 2.47. The Morgan fingerprint density at radius 1 is 0.417 bits per heavy atom. The minimum atomic E-state index is -4.06. The fourth-order valence-corrected chi connectivity index (χ4v) is 23.5. The van der Waals surface area contributed by atoms with Crippen LogP contribution < -0.4 is 37.1 Å². The molecule has 31 nitrogen and oxygen atoms in total. The molecule has 7 atom stereocenters. The summed E-state index contributed by atoms with van der Waals surface area (Å²) >= 11 is 3.40. The van der Waals surface area contributed by atoms with Crippen molar-refractivity contribution >= 4 is 171 Å². The van der Waals surface area contributed by atoms with Gasteiger partial charge in [0, 0.05) is 36.8 Å². The van der Waals surface area contributed by atoms with Crippen LogP contribution in [0, 0.1) is 91.2 Å². The summed E-state index contributed by atoms with van der Waals surface area (Å²) < 4.78 is 145. The van der Waals surface area contributed by atoms with E-state index in [1.165, 1.54) is 22.8 Å². The number of nitrogens with two attached hydrogens (primary N) is 1. The van der Waals surface area contributed by atoms with Crippen molar-refractivity contribution in [1.29, 1.82) is 36.8 Å². The van der Waals surface area contributed by atoms with Crippen molar-refractivity contribution in [3.63, 3.8) is 0 Å². The van der Waals surface area contributed by atoms with E-state index in [2.05, 4.69) is 78.6 Å². The summed E-state index contributed by atoms with van der Waals surface area (Å²) in [5, 5.41) is 93.1. The van der Waals surface area contributed by atoms with E-state index in [1.54, 1.807) is 162 Å². The van der Waals surface area contributed by atoms with E-state index in [0.717, 1.165) is 114 Å². The van der Waals surface area contributed by atoms with Crippen LogP contribution in [0.15, 0.2) is 259 Å². The van der Waals surface area contributed by atoms with E-state index in [0.29, 0.717) is 75.8 Å². The Kier molecular flexibility index (Phi) is 37.8. The molecule has 4 heterocycles. The first-order chi connectivity index (χ1) is 67.8. The molecule has 4 aliphatic rings. The highest BCUT2D eigenvalue weighted by molar-refractivity contribution is 9.10. The first-order valence-electron chi connectivity index (χ1n) is 45.2. The van der Waals surface area contributed by atoms with Crippen LogP contribution >= 0.6 is 15.9 Å². The number of benzene rings is 14. The first-order valence-corrected chi connectivity index (χ1v) is 53.5. The van der Waals surface area contributed by atoms with Crippen molar-refractivity contribution in [1.82, 2.24) is 18.5 Å². The lowest BCUT2D eigenvalue weighted by Gasteiger charge is -2.25. The van der Waals surface area contributed by atoms with Gasteiger partial charge in [-0.2, -0.15) is 97.4 Å². The van der Waals surface area contributed by atoms with Gasteiger partial charge in [0.05, 0.1) is 154 Å². The number of carbonyl (C=O) groups excluding carboxylic acids is 1. The molecule has 14 aromatic carbocycles. The quantitative estimate of drug-likeness (QED) is 0.0584. The first kappa shape index (κ1) is 112. The van der Waals surface area contributed by atoms with Crippen LogP contribution in [0.4, 0.5) is 27.5 Å². The Balaban J connectivity index is 0.000000172.